The SMILES string of the molecule is CCC1CCC(C(=O)NC2(C(=O)O)CCC2)CC1. The van der Waals surface area contributed by atoms with Crippen molar-refractivity contribution in [3.05, 3.63) is 0 Å². The predicted molar refractivity (Wildman–Crippen MR) is 68.1 cm³/mol. The molecule has 0 aromatic heterocycles. The fraction of sp³-hybridized carbons (Fsp3) is 0.857. The maximum atomic E-state index is 12.1. The van der Waals surface area contributed by atoms with E-state index in [2.05, 4.69) is 12.2 Å². The molecule has 0 heterocycles. The van der Waals surface area contributed by atoms with Gasteiger partial charge in [0.05, 0.1) is 0 Å². The van der Waals surface area contributed by atoms with E-state index in [1.165, 1.54) is 6.42 Å². The smallest absolute Gasteiger partial charge is 0.329 e. The van der Waals surface area contributed by atoms with Crippen molar-refractivity contribution in [2.24, 2.45) is 11.8 Å². The van der Waals surface area contributed by atoms with Crippen LogP contribution in [0.5, 0.6) is 0 Å². The summed E-state index contributed by atoms with van der Waals surface area (Å²) in [5, 5.41) is 12.0. The lowest BCUT2D eigenvalue weighted by Gasteiger charge is -2.39. The van der Waals surface area contributed by atoms with Gasteiger partial charge in [0.1, 0.15) is 5.54 Å². The molecule has 2 rings (SSSR count). The van der Waals surface area contributed by atoms with Crippen LogP contribution in [0.4, 0.5) is 0 Å². The number of carboxylic acid groups (broad SMARTS) is 1. The fourth-order valence-corrected chi connectivity index (χ4v) is 3.09. The summed E-state index contributed by atoms with van der Waals surface area (Å²) in [6.45, 7) is 2.19. The van der Waals surface area contributed by atoms with Gasteiger partial charge in [0.25, 0.3) is 0 Å². The van der Waals surface area contributed by atoms with Crippen LogP contribution in [0.2, 0.25) is 0 Å². The van der Waals surface area contributed by atoms with E-state index in [0.29, 0.717) is 12.8 Å². The first-order chi connectivity index (χ1) is 8.57. The molecular weight excluding hydrogens is 230 g/mol. The zero-order chi connectivity index (χ0) is 13.2. The second-order valence-electron chi connectivity index (χ2n) is 5.86. The van der Waals surface area contributed by atoms with Gasteiger partial charge in [-0.3, -0.25) is 4.79 Å². The largest absolute Gasteiger partial charge is 0.480 e. The molecule has 0 aromatic rings. The summed E-state index contributed by atoms with van der Waals surface area (Å²) in [5.41, 5.74) is -0.946. The van der Waals surface area contributed by atoms with Crippen molar-refractivity contribution in [3.8, 4) is 0 Å². The van der Waals surface area contributed by atoms with Crippen molar-refractivity contribution in [3.63, 3.8) is 0 Å². The zero-order valence-electron chi connectivity index (χ0n) is 11.1. The van der Waals surface area contributed by atoms with Crippen molar-refractivity contribution < 1.29 is 14.7 Å². The number of rotatable bonds is 4. The third kappa shape index (κ3) is 2.52. The third-order valence-electron chi connectivity index (χ3n) is 4.77. The third-order valence-corrected chi connectivity index (χ3v) is 4.77. The predicted octanol–water partition coefficient (Wildman–Crippen LogP) is 2.33. The molecule has 18 heavy (non-hydrogen) atoms. The van der Waals surface area contributed by atoms with Gasteiger partial charge >= 0.3 is 5.97 Å². The molecule has 0 radical (unpaired) electrons. The van der Waals surface area contributed by atoms with E-state index in [9.17, 15) is 14.7 Å². The minimum absolute atomic E-state index is 0.0321. The molecule has 2 aliphatic carbocycles. The molecule has 0 atom stereocenters. The second-order valence-corrected chi connectivity index (χ2v) is 5.86. The Hall–Kier alpha value is -1.06. The lowest BCUT2D eigenvalue weighted by Crippen LogP contribution is -2.60. The maximum absolute atomic E-state index is 12.1. The molecule has 2 aliphatic rings. The Labute approximate surface area is 108 Å². The maximum Gasteiger partial charge on any atom is 0.329 e. The van der Waals surface area contributed by atoms with Crippen molar-refractivity contribution in [2.75, 3.05) is 0 Å². The molecule has 0 saturated heterocycles. The van der Waals surface area contributed by atoms with Gasteiger partial charge in [0.2, 0.25) is 5.91 Å². The highest BCUT2D eigenvalue weighted by molar-refractivity contribution is 5.88. The number of amides is 1. The second kappa shape index (κ2) is 5.29. The summed E-state index contributed by atoms with van der Waals surface area (Å²) >= 11 is 0. The highest BCUT2D eigenvalue weighted by Crippen LogP contribution is 2.35. The van der Waals surface area contributed by atoms with E-state index in [0.717, 1.165) is 38.0 Å². The molecule has 0 unspecified atom stereocenters. The van der Waals surface area contributed by atoms with Crippen LogP contribution in [-0.4, -0.2) is 22.5 Å². The van der Waals surface area contributed by atoms with E-state index in [1.54, 1.807) is 0 Å². The van der Waals surface area contributed by atoms with Crippen LogP contribution in [0.15, 0.2) is 0 Å². The molecule has 0 aliphatic heterocycles. The highest BCUT2D eigenvalue weighted by atomic mass is 16.4. The van der Waals surface area contributed by atoms with Crippen molar-refractivity contribution in [1.29, 1.82) is 0 Å². The normalized spacial score (nSPS) is 30.3. The van der Waals surface area contributed by atoms with Gasteiger partial charge in [-0.05, 0) is 50.9 Å². The molecule has 0 spiro atoms. The Bertz CT molecular complexity index is 328. The first-order valence-corrected chi connectivity index (χ1v) is 7.13. The molecule has 2 fully saturated rings. The average molecular weight is 253 g/mol. The number of carbonyl (C=O) groups is 2. The van der Waals surface area contributed by atoms with Crippen LogP contribution >= 0.6 is 0 Å². The fourth-order valence-electron chi connectivity index (χ4n) is 3.09. The van der Waals surface area contributed by atoms with Gasteiger partial charge in [-0.2, -0.15) is 0 Å². The van der Waals surface area contributed by atoms with Crippen LogP contribution < -0.4 is 5.32 Å². The Morgan fingerprint density at radius 1 is 1.22 bits per heavy atom. The number of carbonyl (C=O) groups excluding carboxylic acids is 1. The van der Waals surface area contributed by atoms with Gasteiger partial charge in [-0.1, -0.05) is 13.3 Å². The standard InChI is InChI=1S/C14H23NO3/c1-2-10-4-6-11(7-5-10)12(16)15-14(13(17)18)8-3-9-14/h10-11H,2-9H2,1H3,(H,15,16)(H,17,18). The van der Waals surface area contributed by atoms with Crippen LogP contribution in [0, 0.1) is 11.8 Å². The van der Waals surface area contributed by atoms with Gasteiger partial charge in [-0.25, -0.2) is 4.79 Å². The zero-order valence-corrected chi connectivity index (χ0v) is 11.1. The molecular formula is C14H23NO3. The monoisotopic (exact) mass is 253 g/mol. The van der Waals surface area contributed by atoms with Crippen LogP contribution in [0.1, 0.15) is 58.3 Å². The quantitative estimate of drug-likeness (QED) is 0.808. The number of hydrogen-bond donors (Lipinski definition) is 2. The number of carboxylic acids is 1. The van der Waals surface area contributed by atoms with Gasteiger partial charge < -0.3 is 10.4 Å². The Kier molecular flexibility index (Phi) is 3.93. The molecule has 1 amide bonds. The Morgan fingerprint density at radius 3 is 2.22 bits per heavy atom. The first kappa shape index (κ1) is 13.4. The van der Waals surface area contributed by atoms with E-state index >= 15 is 0 Å². The summed E-state index contributed by atoms with van der Waals surface area (Å²) in [6.07, 6.45) is 7.29. The highest BCUT2D eigenvalue weighted by Gasteiger charge is 2.46. The molecule has 2 saturated carbocycles. The average Bonchev–Trinajstić information content (AvgIpc) is 2.33. The molecule has 2 N–H and O–H groups in total. The minimum Gasteiger partial charge on any atom is -0.480 e. The summed E-state index contributed by atoms with van der Waals surface area (Å²) in [4.78, 5) is 23.3. The lowest BCUT2D eigenvalue weighted by atomic mass is 9.75. The van der Waals surface area contributed by atoms with Crippen molar-refractivity contribution >= 4 is 11.9 Å². The molecule has 102 valence electrons. The van der Waals surface area contributed by atoms with Gasteiger partial charge in [0.15, 0.2) is 0 Å². The van der Waals surface area contributed by atoms with Crippen LogP contribution in [0.25, 0.3) is 0 Å². The van der Waals surface area contributed by atoms with E-state index in [4.69, 9.17) is 0 Å². The van der Waals surface area contributed by atoms with E-state index in [-0.39, 0.29) is 11.8 Å². The van der Waals surface area contributed by atoms with Gasteiger partial charge in [-0.15, -0.1) is 0 Å². The number of aliphatic carboxylic acids is 1. The van der Waals surface area contributed by atoms with Gasteiger partial charge in [0, 0.05) is 5.92 Å². The summed E-state index contributed by atoms with van der Waals surface area (Å²) in [5.74, 6) is -0.119. The van der Waals surface area contributed by atoms with E-state index < -0.39 is 11.5 Å². The minimum atomic E-state index is -0.946. The number of hydrogen-bond acceptors (Lipinski definition) is 2. The summed E-state index contributed by atoms with van der Waals surface area (Å²) < 4.78 is 0. The topological polar surface area (TPSA) is 66.4 Å². The van der Waals surface area contributed by atoms with Crippen LogP contribution in [0.3, 0.4) is 0 Å². The van der Waals surface area contributed by atoms with Crippen molar-refractivity contribution in [1.82, 2.24) is 5.32 Å². The summed E-state index contributed by atoms with van der Waals surface area (Å²) in [6, 6.07) is 0. The van der Waals surface area contributed by atoms with Crippen LogP contribution in [-0.2, 0) is 9.59 Å². The summed E-state index contributed by atoms with van der Waals surface area (Å²) in [7, 11) is 0. The van der Waals surface area contributed by atoms with Crippen molar-refractivity contribution in [2.45, 2.75) is 63.8 Å². The Morgan fingerprint density at radius 2 is 1.83 bits per heavy atom. The Balaban J connectivity index is 1.87. The number of nitrogens with one attached hydrogen (secondary N) is 1. The first-order valence-electron chi connectivity index (χ1n) is 7.13. The molecule has 0 bridgehead atoms. The molecule has 0 aromatic carbocycles. The molecule has 4 nitrogen and oxygen atoms in total. The molecule has 4 heteroatoms. The van der Waals surface area contributed by atoms with E-state index in [1.807, 2.05) is 0 Å². The lowest BCUT2D eigenvalue weighted by molar-refractivity contribution is -0.152.